The molecule has 0 unspecified atom stereocenters. The minimum atomic E-state index is 0.663. The molecule has 0 fully saturated rings. The van der Waals surface area contributed by atoms with Gasteiger partial charge in [-0.2, -0.15) is 0 Å². The van der Waals surface area contributed by atoms with E-state index in [2.05, 4.69) is 126 Å². The maximum absolute atomic E-state index is 5.02. The summed E-state index contributed by atoms with van der Waals surface area (Å²) in [6.45, 7) is 0. The first-order chi connectivity index (χ1) is 28.2. The van der Waals surface area contributed by atoms with E-state index in [1.54, 1.807) is 0 Å². The summed E-state index contributed by atoms with van der Waals surface area (Å²) in [5, 5.41) is 7.63. The van der Waals surface area contributed by atoms with Crippen molar-refractivity contribution in [3.8, 4) is 51.0 Å². The predicted molar refractivity (Wildman–Crippen MR) is 242 cm³/mol. The van der Waals surface area contributed by atoms with Crippen LogP contribution in [0.3, 0.4) is 0 Å². The van der Waals surface area contributed by atoms with Crippen LogP contribution in [0.2, 0.25) is 0 Å². The van der Waals surface area contributed by atoms with Crippen molar-refractivity contribution in [2.45, 2.75) is 0 Å². The van der Waals surface area contributed by atoms with Crippen LogP contribution in [0.4, 0.5) is 0 Å². The summed E-state index contributed by atoms with van der Waals surface area (Å²) in [6, 6.07) is 64.9. The molecule has 4 heterocycles. The van der Waals surface area contributed by atoms with E-state index in [9.17, 15) is 0 Å². The van der Waals surface area contributed by atoms with E-state index in [4.69, 9.17) is 15.0 Å². The summed E-state index contributed by atoms with van der Waals surface area (Å²) in [5.41, 5.74) is 9.00. The third-order valence-electron chi connectivity index (χ3n) is 11.1. The van der Waals surface area contributed by atoms with Gasteiger partial charge in [0.25, 0.3) is 0 Å². The number of benzene rings is 8. The van der Waals surface area contributed by atoms with Crippen LogP contribution in [0, 0.1) is 0 Å². The number of rotatable bonds is 5. The summed E-state index contributed by atoms with van der Waals surface area (Å²) in [5.74, 6) is 1.99. The van der Waals surface area contributed by atoms with Crippen molar-refractivity contribution in [1.29, 1.82) is 0 Å². The van der Waals surface area contributed by atoms with Gasteiger partial charge in [-0.25, -0.2) is 15.0 Å². The first-order valence-corrected chi connectivity index (χ1v) is 20.7. The Hall–Kier alpha value is -6.99. The number of fused-ring (bicyclic) bond motifs is 9. The lowest BCUT2D eigenvalue weighted by Gasteiger charge is -2.10. The molecular formula is C51H30N4S2. The van der Waals surface area contributed by atoms with E-state index in [-0.39, 0.29) is 0 Å². The molecule has 0 bridgehead atoms. The Labute approximate surface area is 335 Å². The zero-order valence-corrected chi connectivity index (χ0v) is 32.1. The molecule has 4 nitrogen and oxygen atoms in total. The fraction of sp³-hybridized carbons (Fsp3) is 0. The molecular weight excluding hydrogens is 733 g/mol. The van der Waals surface area contributed by atoms with E-state index >= 15 is 0 Å². The topological polar surface area (TPSA) is 43.6 Å². The molecule has 0 aliphatic carbocycles. The van der Waals surface area contributed by atoms with Gasteiger partial charge in [0.15, 0.2) is 17.5 Å². The summed E-state index contributed by atoms with van der Waals surface area (Å²) < 4.78 is 7.45. The van der Waals surface area contributed by atoms with Gasteiger partial charge in [-0.3, -0.25) is 0 Å². The maximum atomic E-state index is 5.02. The van der Waals surface area contributed by atoms with Gasteiger partial charge in [0.2, 0.25) is 0 Å². The van der Waals surface area contributed by atoms with Crippen LogP contribution >= 0.6 is 22.7 Å². The highest BCUT2D eigenvalue weighted by Gasteiger charge is 2.19. The summed E-state index contributed by atoms with van der Waals surface area (Å²) in [7, 11) is 0. The van der Waals surface area contributed by atoms with Crippen LogP contribution < -0.4 is 0 Å². The quantitative estimate of drug-likeness (QED) is 0.175. The monoisotopic (exact) mass is 762 g/mol. The molecule has 12 rings (SSSR count). The van der Waals surface area contributed by atoms with E-state index < -0.39 is 0 Å². The zero-order valence-electron chi connectivity index (χ0n) is 30.4. The van der Waals surface area contributed by atoms with Crippen molar-refractivity contribution in [3.05, 3.63) is 182 Å². The molecule has 0 N–H and O–H groups in total. The third kappa shape index (κ3) is 5.15. The Balaban J connectivity index is 1.03. The molecule has 0 aliphatic heterocycles. The highest BCUT2D eigenvalue weighted by atomic mass is 32.1. The van der Waals surface area contributed by atoms with E-state index in [1.807, 2.05) is 83.3 Å². The molecule has 8 aromatic carbocycles. The number of nitrogens with zero attached hydrogens (tertiary/aromatic N) is 4. The summed E-state index contributed by atoms with van der Waals surface area (Å²) >= 11 is 3.69. The average Bonchev–Trinajstić information content (AvgIpc) is 3.96. The molecule has 0 aliphatic rings. The van der Waals surface area contributed by atoms with Crippen LogP contribution in [-0.2, 0) is 0 Å². The maximum Gasteiger partial charge on any atom is 0.164 e. The van der Waals surface area contributed by atoms with Crippen molar-refractivity contribution >= 4 is 84.8 Å². The van der Waals surface area contributed by atoms with Crippen molar-refractivity contribution in [3.63, 3.8) is 0 Å². The highest BCUT2D eigenvalue weighted by molar-refractivity contribution is 7.26. The normalized spacial score (nSPS) is 11.9. The van der Waals surface area contributed by atoms with Crippen LogP contribution in [-0.4, -0.2) is 19.5 Å². The molecule has 266 valence electrons. The van der Waals surface area contributed by atoms with E-state index in [0.29, 0.717) is 17.5 Å². The van der Waals surface area contributed by atoms with Gasteiger partial charge < -0.3 is 4.57 Å². The molecule has 0 amide bonds. The fourth-order valence-electron chi connectivity index (χ4n) is 8.51. The molecule has 0 atom stereocenters. The lowest BCUT2D eigenvalue weighted by molar-refractivity contribution is 1.07. The second-order valence-corrected chi connectivity index (χ2v) is 16.5. The summed E-state index contributed by atoms with van der Waals surface area (Å²) in [6.07, 6.45) is 0. The van der Waals surface area contributed by atoms with Crippen molar-refractivity contribution in [2.75, 3.05) is 0 Å². The Morgan fingerprint density at radius 2 is 0.860 bits per heavy atom. The zero-order chi connectivity index (χ0) is 37.5. The number of thiophene rings is 2. The number of para-hydroxylation sites is 2. The Morgan fingerprint density at radius 3 is 1.47 bits per heavy atom. The van der Waals surface area contributed by atoms with Gasteiger partial charge >= 0.3 is 0 Å². The van der Waals surface area contributed by atoms with Crippen LogP contribution in [0.5, 0.6) is 0 Å². The standard InChI is InChI=1S/C51H30N4S2/c1-3-13-31(14-4-1)49-52-50(32-15-5-2-6-16-32)54-51(53-49)33-25-27-39-46(29-33)57-44-23-11-19-37(47(39)44)38-20-12-24-45-48(38)40-30-34(26-28-43(40)56-45)55-41-21-9-7-17-35(41)36-18-8-10-22-42(36)55/h1-30H. The molecule has 0 radical (unpaired) electrons. The fourth-order valence-corrected chi connectivity index (χ4v) is 10.8. The van der Waals surface area contributed by atoms with Gasteiger partial charge in [0.05, 0.1) is 11.0 Å². The Morgan fingerprint density at radius 1 is 0.333 bits per heavy atom. The van der Waals surface area contributed by atoms with Gasteiger partial charge in [0.1, 0.15) is 0 Å². The minimum Gasteiger partial charge on any atom is -0.309 e. The van der Waals surface area contributed by atoms with E-state index in [0.717, 1.165) is 16.7 Å². The van der Waals surface area contributed by atoms with Gasteiger partial charge in [0, 0.05) is 73.5 Å². The van der Waals surface area contributed by atoms with Crippen molar-refractivity contribution in [2.24, 2.45) is 0 Å². The molecule has 0 saturated carbocycles. The Kier molecular flexibility index (Phi) is 7.24. The van der Waals surface area contributed by atoms with Gasteiger partial charge in [-0.1, -0.05) is 133 Å². The summed E-state index contributed by atoms with van der Waals surface area (Å²) in [4.78, 5) is 15.0. The predicted octanol–water partition coefficient (Wildman–Crippen LogP) is 14.4. The Bertz CT molecular complexity index is 3410. The molecule has 57 heavy (non-hydrogen) atoms. The SMILES string of the molecule is c1ccc(-c2nc(-c3ccccc3)nc(-c3ccc4c(c3)sc3cccc(-c5cccc6sc7ccc(-n8c9ccccc9c9ccccc98)cc7c56)c34)n2)cc1. The first-order valence-electron chi connectivity index (χ1n) is 19.0. The molecule has 12 aromatic rings. The highest BCUT2D eigenvalue weighted by Crippen LogP contribution is 2.46. The number of aromatic nitrogens is 4. The molecule has 0 saturated heterocycles. The smallest absolute Gasteiger partial charge is 0.164 e. The second-order valence-electron chi connectivity index (χ2n) is 14.4. The van der Waals surface area contributed by atoms with Crippen LogP contribution in [0.15, 0.2) is 182 Å². The average molecular weight is 763 g/mol. The number of hydrogen-bond donors (Lipinski definition) is 0. The number of hydrogen-bond acceptors (Lipinski definition) is 5. The second kappa shape index (κ2) is 12.8. The van der Waals surface area contributed by atoms with E-state index in [1.165, 1.54) is 79.0 Å². The largest absolute Gasteiger partial charge is 0.309 e. The molecule has 4 aromatic heterocycles. The lowest BCUT2D eigenvalue weighted by atomic mass is 9.95. The molecule has 0 spiro atoms. The van der Waals surface area contributed by atoms with Gasteiger partial charge in [-0.05, 0) is 59.7 Å². The van der Waals surface area contributed by atoms with Crippen molar-refractivity contribution in [1.82, 2.24) is 19.5 Å². The van der Waals surface area contributed by atoms with Crippen LogP contribution in [0.25, 0.3) is 113 Å². The minimum absolute atomic E-state index is 0.663. The van der Waals surface area contributed by atoms with Crippen LogP contribution in [0.1, 0.15) is 0 Å². The lowest BCUT2D eigenvalue weighted by Crippen LogP contribution is -1.99. The van der Waals surface area contributed by atoms with Crippen molar-refractivity contribution < 1.29 is 0 Å². The molecule has 6 heteroatoms. The third-order valence-corrected chi connectivity index (χ3v) is 13.3. The van der Waals surface area contributed by atoms with Gasteiger partial charge in [-0.15, -0.1) is 22.7 Å². The first kappa shape index (κ1) is 32.3.